The van der Waals surface area contributed by atoms with Gasteiger partial charge >= 0.3 is 12.1 Å². The lowest BCUT2D eigenvalue weighted by molar-refractivity contribution is -0.141. The van der Waals surface area contributed by atoms with Crippen molar-refractivity contribution in [2.75, 3.05) is 0 Å². The van der Waals surface area contributed by atoms with E-state index in [1.807, 2.05) is 0 Å². The maximum absolute atomic E-state index is 14.2. The van der Waals surface area contributed by atoms with Crippen LogP contribution in [0, 0.1) is 11.6 Å². The molecule has 0 saturated heterocycles. The number of carbonyl (C=O) groups is 2. The number of fused-ring (bicyclic) bond motifs is 1. The van der Waals surface area contributed by atoms with Gasteiger partial charge in [0.15, 0.2) is 16.4 Å². The summed E-state index contributed by atoms with van der Waals surface area (Å²) in [7, 11) is 0. The first-order chi connectivity index (χ1) is 14.0. The first-order valence-electron chi connectivity index (χ1n) is 8.52. The molecule has 0 bridgehead atoms. The molecule has 30 heavy (non-hydrogen) atoms. The first kappa shape index (κ1) is 21.6. The average Bonchev–Trinajstić information content (AvgIpc) is 3.03. The topological polar surface area (TPSA) is 71.7 Å². The maximum atomic E-state index is 14.2. The molecule has 3 aromatic rings. The van der Waals surface area contributed by atoms with Gasteiger partial charge in [0.1, 0.15) is 6.04 Å². The zero-order valence-corrected chi connectivity index (χ0v) is 16.0. The molecule has 0 saturated carbocycles. The third-order valence-electron chi connectivity index (χ3n) is 4.31. The van der Waals surface area contributed by atoms with Crippen LogP contribution in [0.1, 0.15) is 35.3 Å². The van der Waals surface area contributed by atoms with Crippen molar-refractivity contribution in [2.45, 2.75) is 25.6 Å². The van der Waals surface area contributed by atoms with Gasteiger partial charge in [-0.2, -0.15) is 18.2 Å². The molecule has 1 heterocycles. The first-order valence-corrected chi connectivity index (χ1v) is 9.34. The minimum absolute atomic E-state index is 0.00347. The highest BCUT2D eigenvalue weighted by molar-refractivity contribution is 7.16. The summed E-state index contributed by atoms with van der Waals surface area (Å²) in [6.45, 7) is 1.54. The van der Waals surface area contributed by atoms with E-state index in [1.54, 1.807) is 0 Å². The van der Waals surface area contributed by atoms with E-state index in [-0.39, 0.29) is 27.0 Å². The Morgan fingerprint density at radius 1 is 1.20 bits per heavy atom. The smallest absolute Gasteiger partial charge is 0.416 e. The van der Waals surface area contributed by atoms with E-state index in [4.69, 9.17) is 0 Å². The van der Waals surface area contributed by atoms with E-state index in [1.165, 1.54) is 6.92 Å². The summed E-state index contributed by atoms with van der Waals surface area (Å²) in [4.78, 5) is 27.6. The van der Waals surface area contributed by atoms with Crippen LogP contribution in [-0.4, -0.2) is 21.6 Å². The molecule has 11 heteroatoms. The molecule has 1 amide bonds. The number of rotatable bonds is 4. The van der Waals surface area contributed by atoms with E-state index in [2.05, 4.69) is 4.99 Å². The molecule has 0 aliphatic heterocycles. The Labute approximate surface area is 169 Å². The lowest BCUT2D eigenvalue weighted by Crippen LogP contribution is -2.27. The van der Waals surface area contributed by atoms with Crippen molar-refractivity contribution >= 4 is 33.4 Å². The van der Waals surface area contributed by atoms with Gasteiger partial charge in [0.25, 0.3) is 5.91 Å². The van der Waals surface area contributed by atoms with Crippen molar-refractivity contribution < 1.29 is 36.6 Å². The van der Waals surface area contributed by atoms with Crippen molar-refractivity contribution in [1.82, 2.24) is 4.57 Å². The summed E-state index contributed by atoms with van der Waals surface area (Å²) in [6.07, 6.45) is -4.64. The predicted octanol–water partition coefficient (Wildman–Crippen LogP) is 4.78. The number of hydrogen-bond donors (Lipinski definition) is 1. The molecule has 3 rings (SSSR count). The molecule has 1 atom stereocenters. The van der Waals surface area contributed by atoms with Gasteiger partial charge in [0, 0.05) is 5.56 Å². The molecule has 0 fully saturated rings. The Bertz CT molecular complexity index is 1210. The summed E-state index contributed by atoms with van der Waals surface area (Å²) >= 11 is 0.533. The number of carboxylic acid groups (broad SMARTS) is 1. The van der Waals surface area contributed by atoms with E-state index in [0.29, 0.717) is 17.4 Å². The van der Waals surface area contributed by atoms with Crippen LogP contribution in [0.3, 0.4) is 0 Å². The number of thiazole rings is 1. The van der Waals surface area contributed by atoms with Crippen molar-refractivity contribution in [3.8, 4) is 0 Å². The SMILES string of the molecule is CCC(C(=O)O)n1/c(=N/C(=O)c2cccc(C(F)(F)F)c2)sc2c(F)c(F)ccc21. The summed E-state index contributed by atoms with van der Waals surface area (Å²) in [5.41, 5.74) is -1.44. The van der Waals surface area contributed by atoms with Gasteiger partial charge in [-0.1, -0.05) is 24.3 Å². The van der Waals surface area contributed by atoms with Crippen LogP contribution < -0.4 is 4.80 Å². The van der Waals surface area contributed by atoms with Crippen molar-refractivity contribution in [3.63, 3.8) is 0 Å². The van der Waals surface area contributed by atoms with Gasteiger partial charge in [-0.05, 0) is 36.8 Å². The summed E-state index contributed by atoms with van der Waals surface area (Å²) in [5.74, 6) is -4.79. The highest BCUT2D eigenvalue weighted by Crippen LogP contribution is 2.30. The fourth-order valence-corrected chi connectivity index (χ4v) is 3.97. The number of nitrogens with zero attached hydrogens (tertiary/aromatic N) is 2. The van der Waals surface area contributed by atoms with Crippen molar-refractivity contribution in [1.29, 1.82) is 0 Å². The van der Waals surface area contributed by atoms with Crippen LogP contribution in [0.4, 0.5) is 22.0 Å². The Balaban J connectivity index is 2.24. The van der Waals surface area contributed by atoms with Crippen LogP contribution in [0.15, 0.2) is 41.4 Å². The predicted molar refractivity (Wildman–Crippen MR) is 98.0 cm³/mol. The minimum atomic E-state index is -4.68. The quantitative estimate of drug-likeness (QED) is 0.589. The van der Waals surface area contributed by atoms with Crippen LogP contribution in [0.5, 0.6) is 0 Å². The highest BCUT2D eigenvalue weighted by Gasteiger charge is 2.31. The van der Waals surface area contributed by atoms with Gasteiger partial charge in [-0.25, -0.2) is 13.6 Å². The van der Waals surface area contributed by atoms with Crippen LogP contribution >= 0.6 is 11.3 Å². The number of amides is 1. The molecule has 0 radical (unpaired) electrons. The molecule has 1 N–H and O–H groups in total. The summed E-state index contributed by atoms with van der Waals surface area (Å²) in [5, 5.41) is 9.49. The molecule has 0 spiro atoms. The van der Waals surface area contributed by atoms with Gasteiger partial charge < -0.3 is 9.67 Å². The lowest BCUT2D eigenvalue weighted by atomic mass is 10.1. The number of carbonyl (C=O) groups excluding carboxylic acids is 1. The molecule has 1 aromatic heterocycles. The molecular weight excluding hydrogens is 431 g/mol. The van der Waals surface area contributed by atoms with Crippen molar-refractivity contribution in [2.24, 2.45) is 4.99 Å². The second-order valence-electron chi connectivity index (χ2n) is 6.22. The molecule has 2 aromatic carbocycles. The van der Waals surface area contributed by atoms with Gasteiger partial charge in [0.05, 0.1) is 15.8 Å². The molecule has 0 aliphatic carbocycles. The zero-order valence-electron chi connectivity index (χ0n) is 15.2. The molecule has 1 unspecified atom stereocenters. The third-order valence-corrected chi connectivity index (χ3v) is 5.37. The number of aromatic nitrogens is 1. The minimum Gasteiger partial charge on any atom is -0.480 e. The Kier molecular flexibility index (Phi) is 5.75. The zero-order chi connectivity index (χ0) is 22.2. The van der Waals surface area contributed by atoms with Crippen molar-refractivity contribution in [3.05, 3.63) is 64.0 Å². The maximum Gasteiger partial charge on any atom is 0.416 e. The number of hydrogen-bond acceptors (Lipinski definition) is 3. The standard InChI is InChI=1S/C19H13F5N2O3S/c1-2-12(17(28)29)26-13-7-6-11(20)14(21)15(13)30-18(26)25-16(27)9-4-3-5-10(8-9)19(22,23)24/h3-8,12H,2H2,1H3,(H,28,29)/b25-18-. The second kappa shape index (κ2) is 7.98. The summed E-state index contributed by atoms with van der Waals surface area (Å²) in [6, 6.07) is 4.26. The summed E-state index contributed by atoms with van der Waals surface area (Å²) < 4.78 is 67.3. The molecule has 158 valence electrons. The fourth-order valence-electron chi connectivity index (χ4n) is 2.88. The van der Waals surface area contributed by atoms with Crippen LogP contribution in [0.2, 0.25) is 0 Å². The van der Waals surface area contributed by atoms with Gasteiger partial charge in [0.2, 0.25) is 0 Å². The monoisotopic (exact) mass is 444 g/mol. The van der Waals surface area contributed by atoms with Gasteiger partial charge in [-0.15, -0.1) is 0 Å². The van der Waals surface area contributed by atoms with Crippen LogP contribution in [0.25, 0.3) is 10.2 Å². The Morgan fingerprint density at radius 3 is 2.50 bits per heavy atom. The average molecular weight is 444 g/mol. The number of benzene rings is 2. The highest BCUT2D eigenvalue weighted by atomic mass is 32.1. The normalized spacial score (nSPS) is 13.6. The third kappa shape index (κ3) is 3.97. The number of alkyl halides is 3. The van der Waals surface area contributed by atoms with E-state index in [0.717, 1.165) is 34.9 Å². The second-order valence-corrected chi connectivity index (χ2v) is 7.20. The number of aliphatic carboxylic acids is 1. The van der Waals surface area contributed by atoms with E-state index < -0.39 is 41.3 Å². The Morgan fingerprint density at radius 2 is 1.90 bits per heavy atom. The Hall–Kier alpha value is -3.08. The number of carboxylic acids is 1. The fraction of sp³-hybridized carbons (Fsp3) is 0.211. The van der Waals surface area contributed by atoms with E-state index in [9.17, 15) is 36.6 Å². The largest absolute Gasteiger partial charge is 0.480 e. The number of halogens is 5. The van der Waals surface area contributed by atoms with Crippen LogP contribution in [-0.2, 0) is 11.0 Å². The van der Waals surface area contributed by atoms with Gasteiger partial charge in [-0.3, -0.25) is 4.79 Å². The van der Waals surface area contributed by atoms with E-state index >= 15 is 0 Å². The molecular formula is C19H13F5N2O3S. The lowest BCUT2D eigenvalue weighted by Gasteiger charge is -2.13. The molecule has 5 nitrogen and oxygen atoms in total. The molecule has 0 aliphatic rings.